The number of carbonyl (C=O) groups excluding carboxylic acids is 1. The highest BCUT2D eigenvalue weighted by atomic mass is 32.1. The van der Waals surface area contributed by atoms with Crippen molar-refractivity contribution in [3.63, 3.8) is 0 Å². The first-order valence-corrected chi connectivity index (χ1v) is 8.44. The molecule has 1 amide bonds. The van der Waals surface area contributed by atoms with Crippen LogP contribution in [0.25, 0.3) is 21.7 Å². The molecule has 3 rings (SSSR count). The lowest BCUT2D eigenvalue weighted by molar-refractivity contribution is -0.123. The molecule has 128 valence electrons. The van der Waals surface area contributed by atoms with Gasteiger partial charge in [0.25, 0.3) is 5.91 Å². The minimum Gasteiger partial charge on any atom is -0.497 e. The molecular formula is C18H17N3O3S. The van der Waals surface area contributed by atoms with Gasteiger partial charge in [-0.05, 0) is 48.9 Å². The molecule has 0 saturated heterocycles. The van der Waals surface area contributed by atoms with Gasteiger partial charge in [0.2, 0.25) is 0 Å². The molecule has 2 aromatic heterocycles. The fraction of sp³-hybridized carbons (Fsp3) is 0.167. The number of aromatic nitrogens is 2. The third kappa shape index (κ3) is 3.84. The van der Waals surface area contributed by atoms with Gasteiger partial charge >= 0.3 is 0 Å². The number of nitrogens with one attached hydrogen (secondary N) is 1. The maximum Gasteiger partial charge on any atom is 0.254 e. The number of ether oxygens (including phenoxy) is 1. The van der Waals surface area contributed by atoms with Gasteiger partial charge in [0.05, 0.1) is 17.7 Å². The van der Waals surface area contributed by atoms with Crippen LogP contribution in [0.5, 0.6) is 5.75 Å². The molecule has 0 radical (unpaired) electrons. The van der Waals surface area contributed by atoms with E-state index in [9.17, 15) is 9.90 Å². The molecule has 0 spiro atoms. The Morgan fingerprint density at radius 3 is 2.44 bits per heavy atom. The van der Waals surface area contributed by atoms with E-state index in [-0.39, 0.29) is 0 Å². The van der Waals surface area contributed by atoms with E-state index >= 15 is 0 Å². The fourth-order valence-corrected chi connectivity index (χ4v) is 3.22. The second-order valence-electron chi connectivity index (χ2n) is 5.33. The van der Waals surface area contributed by atoms with Crippen LogP contribution in [0.1, 0.15) is 6.92 Å². The largest absolute Gasteiger partial charge is 0.497 e. The van der Waals surface area contributed by atoms with Crippen molar-refractivity contribution in [2.45, 2.75) is 13.0 Å². The van der Waals surface area contributed by atoms with Crippen LogP contribution >= 0.6 is 11.3 Å². The third-order valence-electron chi connectivity index (χ3n) is 3.54. The minimum absolute atomic E-state index is 0.434. The Balaban J connectivity index is 2.04. The lowest BCUT2D eigenvalue weighted by Gasteiger charge is -2.04. The zero-order chi connectivity index (χ0) is 17.8. The average Bonchev–Trinajstić information content (AvgIpc) is 3.06. The average molecular weight is 355 g/mol. The van der Waals surface area contributed by atoms with Crippen LogP contribution in [0.3, 0.4) is 0 Å². The number of aliphatic hydroxyl groups excluding tert-OH is 1. The van der Waals surface area contributed by atoms with Crippen molar-refractivity contribution in [3.05, 3.63) is 48.8 Å². The molecule has 0 aliphatic heterocycles. The Bertz CT molecular complexity index is 861. The predicted molar refractivity (Wildman–Crippen MR) is 97.6 cm³/mol. The number of rotatable bonds is 5. The van der Waals surface area contributed by atoms with E-state index < -0.39 is 12.0 Å². The first-order valence-electron chi connectivity index (χ1n) is 7.63. The summed E-state index contributed by atoms with van der Waals surface area (Å²) >= 11 is 1.35. The highest BCUT2D eigenvalue weighted by Crippen LogP contribution is 2.39. The summed E-state index contributed by atoms with van der Waals surface area (Å²) in [5.41, 5.74) is 2.61. The SMILES string of the molecule is COc1ccc(-c2nc(NC(=O)C(C)O)sc2-c2ccncc2)cc1. The molecular weight excluding hydrogens is 338 g/mol. The standard InChI is InChI=1S/C18H17N3O3S/c1-11(22)17(23)21-18-20-15(12-3-5-14(24-2)6-4-12)16(25-18)13-7-9-19-10-8-13/h3-11,22H,1-2H3,(H,20,21,23). The Hall–Kier alpha value is -2.77. The van der Waals surface area contributed by atoms with Gasteiger partial charge in [-0.1, -0.05) is 11.3 Å². The van der Waals surface area contributed by atoms with Gasteiger partial charge in [-0.15, -0.1) is 0 Å². The van der Waals surface area contributed by atoms with Gasteiger partial charge in [-0.25, -0.2) is 4.98 Å². The van der Waals surface area contributed by atoms with Crippen molar-refractivity contribution < 1.29 is 14.6 Å². The van der Waals surface area contributed by atoms with Crippen molar-refractivity contribution in [2.75, 3.05) is 12.4 Å². The number of methoxy groups -OCH3 is 1. The van der Waals surface area contributed by atoms with E-state index in [2.05, 4.69) is 15.3 Å². The number of pyridine rings is 1. The quantitative estimate of drug-likeness (QED) is 0.734. The molecule has 0 bridgehead atoms. The summed E-state index contributed by atoms with van der Waals surface area (Å²) < 4.78 is 5.19. The topological polar surface area (TPSA) is 84.3 Å². The molecule has 7 heteroatoms. The van der Waals surface area contributed by atoms with E-state index in [1.165, 1.54) is 18.3 Å². The maximum atomic E-state index is 11.8. The van der Waals surface area contributed by atoms with Crippen LogP contribution in [0.2, 0.25) is 0 Å². The Morgan fingerprint density at radius 2 is 1.84 bits per heavy atom. The Morgan fingerprint density at radius 1 is 1.16 bits per heavy atom. The first-order chi connectivity index (χ1) is 12.1. The van der Waals surface area contributed by atoms with Crippen molar-refractivity contribution >= 4 is 22.4 Å². The highest BCUT2D eigenvalue weighted by molar-refractivity contribution is 7.19. The number of nitrogens with zero attached hydrogens (tertiary/aromatic N) is 2. The van der Waals surface area contributed by atoms with E-state index in [1.807, 2.05) is 36.4 Å². The maximum absolute atomic E-state index is 11.8. The van der Waals surface area contributed by atoms with Crippen molar-refractivity contribution in [1.82, 2.24) is 9.97 Å². The van der Waals surface area contributed by atoms with Crippen LogP contribution < -0.4 is 10.1 Å². The zero-order valence-corrected chi connectivity index (χ0v) is 14.6. The minimum atomic E-state index is -1.10. The summed E-state index contributed by atoms with van der Waals surface area (Å²) in [6.45, 7) is 1.41. The van der Waals surface area contributed by atoms with E-state index in [0.29, 0.717) is 5.13 Å². The van der Waals surface area contributed by atoms with Gasteiger partial charge < -0.3 is 9.84 Å². The Kier molecular flexibility index (Phi) is 5.06. The van der Waals surface area contributed by atoms with Crippen LogP contribution in [-0.2, 0) is 4.79 Å². The number of amides is 1. The lowest BCUT2D eigenvalue weighted by atomic mass is 10.1. The van der Waals surface area contributed by atoms with E-state index in [1.54, 1.807) is 19.5 Å². The third-order valence-corrected chi connectivity index (χ3v) is 4.56. The van der Waals surface area contributed by atoms with Gasteiger partial charge in [0.1, 0.15) is 11.9 Å². The molecule has 0 aliphatic rings. The van der Waals surface area contributed by atoms with Crippen molar-refractivity contribution in [1.29, 1.82) is 0 Å². The van der Waals surface area contributed by atoms with Gasteiger partial charge in [0.15, 0.2) is 5.13 Å². The molecule has 1 atom stereocenters. The van der Waals surface area contributed by atoms with Crippen LogP contribution in [0.4, 0.5) is 5.13 Å². The van der Waals surface area contributed by atoms with Gasteiger partial charge in [-0.2, -0.15) is 0 Å². The van der Waals surface area contributed by atoms with Gasteiger partial charge in [0, 0.05) is 18.0 Å². The summed E-state index contributed by atoms with van der Waals surface area (Å²) in [5.74, 6) is 0.267. The Labute approximate surface area is 149 Å². The summed E-state index contributed by atoms with van der Waals surface area (Å²) in [4.78, 5) is 21.3. The molecule has 0 aliphatic carbocycles. The molecule has 6 nitrogen and oxygen atoms in total. The van der Waals surface area contributed by atoms with E-state index in [0.717, 1.165) is 27.4 Å². The van der Waals surface area contributed by atoms with E-state index in [4.69, 9.17) is 4.74 Å². The monoisotopic (exact) mass is 355 g/mol. The molecule has 1 aromatic carbocycles. The van der Waals surface area contributed by atoms with Crippen LogP contribution in [0, 0.1) is 0 Å². The predicted octanol–water partition coefficient (Wildman–Crippen LogP) is 3.20. The van der Waals surface area contributed by atoms with Crippen molar-refractivity contribution in [3.8, 4) is 27.4 Å². The number of anilines is 1. The molecule has 3 aromatic rings. The molecule has 0 fully saturated rings. The van der Waals surface area contributed by atoms with Crippen LogP contribution in [0.15, 0.2) is 48.8 Å². The highest BCUT2D eigenvalue weighted by Gasteiger charge is 2.18. The number of thiazole rings is 1. The second kappa shape index (κ2) is 7.42. The lowest BCUT2D eigenvalue weighted by Crippen LogP contribution is -2.24. The molecule has 2 heterocycles. The number of benzene rings is 1. The van der Waals surface area contributed by atoms with Gasteiger partial charge in [-0.3, -0.25) is 15.1 Å². The van der Waals surface area contributed by atoms with Crippen molar-refractivity contribution in [2.24, 2.45) is 0 Å². The number of hydrogen-bond acceptors (Lipinski definition) is 6. The molecule has 1 unspecified atom stereocenters. The zero-order valence-electron chi connectivity index (χ0n) is 13.8. The summed E-state index contributed by atoms with van der Waals surface area (Å²) in [5, 5.41) is 12.5. The summed E-state index contributed by atoms with van der Waals surface area (Å²) in [6.07, 6.45) is 2.32. The fourth-order valence-electron chi connectivity index (χ4n) is 2.23. The normalized spacial score (nSPS) is 11.8. The number of hydrogen-bond donors (Lipinski definition) is 2. The molecule has 0 saturated carbocycles. The number of aliphatic hydroxyl groups is 1. The second-order valence-corrected chi connectivity index (χ2v) is 6.33. The molecule has 25 heavy (non-hydrogen) atoms. The van der Waals surface area contributed by atoms with Crippen LogP contribution in [-0.4, -0.2) is 34.2 Å². The number of carbonyl (C=O) groups is 1. The smallest absolute Gasteiger partial charge is 0.254 e. The summed E-state index contributed by atoms with van der Waals surface area (Å²) in [6, 6.07) is 11.3. The summed E-state index contributed by atoms with van der Waals surface area (Å²) in [7, 11) is 1.62. The first kappa shape index (κ1) is 17.1. The molecule has 2 N–H and O–H groups in total.